The molecule has 9 heteroatoms. The standard InChI is InChI=1S/C20H21FN6O2/c21-15-4-1-3-14(9-15)12-27-13-24-19(26-27)11-23-20(22)25-16-5-6-17-18(10-16)29-8-2-7-28-17/h1,3-6,9-10,13H,2,7-8,11-12H2,(H3,22,23,25). The number of nitrogens with one attached hydrogen (secondary N) is 1. The van der Waals surface area contributed by atoms with Gasteiger partial charge in [0.05, 0.1) is 19.8 Å². The van der Waals surface area contributed by atoms with Crippen molar-refractivity contribution in [2.24, 2.45) is 10.7 Å². The lowest BCUT2D eigenvalue weighted by atomic mass is 10.2. The number of hydrogen-bond donors (Lipinski definition) is 2. The predicted octanol–water partition coefficient (Wildman–Crippen LogP) is 2.55. The number of aliphatic imine (C=N–C) groups is 1. The van der Waals surface area contributed by atoms with E-state index in [9.17, 15) is 4.39 Å². The zero-order chi connectivity index (χ0) is 20.1. The molecule has 4 rings (SSSR count). The lowest BCUT2D eigenvalue weighted by molar-refractivity contribution is 0.297. The second kappa shape index (κ2) is 8.59. The third-order valence-corrected chi connectivity index (χ3v) is 4.23. The Bertz CT molecular complexity index is 1020. The van der Waals surface area contributed by atoms with Gasteiger partial charge in [0.25, 0.3) is 0 Å². The normalized spacial score (nSPS) is 13.8. The van der Waals surface area contributed by atoms with Crippen molar-refractivity contribution in [1.29, 1.82) is 0 Å². The van der Waals surface area contributed by atoms with Crippen LogP contribution in [0.1, 0.15) is 17.8 Å². The summed E-state index contributed by atoms with van der Waals surface area (Å²) in [5, 5.41) is 7.36. The Kier molecular flexibility index (Phi) is 5.55. The molecule has 0 bridgehead atoms. The van der Waals surface area contributed by atoms with Crippen molar-refractivity contribution in [1.82, 2.24) is 14.8 Å². The third kappa shape index (κ3) is 5.01. The van der Waals surface area contributed by atoms with Crippen LogP contribution in [0.15, 0.2) is 53.8 Å². The molecule has 0 amide bonds. The number of guanidine groups is 1. The van der Waals surface area contributed by atoms with Crippen molar-refractivity contribution in [2.45, 2.75) is 19.5 Å². The lowest BCUT2D eigenvalue weighted by Crippen LogP contribution is -2.22. The van der Waals surface area contributed by atoms with Gasteiger partial charge < -0.3 is 20.5 Å². The van der Waals surface area contributed by atoms with Crippen LogP contribution in [-0.4, -0.2) is 33.9 Å². The maximum absolute atomic E-state index is 13.3. The molecule has 0 aliphatic carbocycles. The molecule has 1 aromatic heterocycles. The van der Waals surface area contributed by atoms with E-state index in [1.165, 1.54) is 12.1 Å². The predicted molar refractivity (Wildman–Crippen MR) is 107 cm³/mol. The summed E-state index contributed by atoms with van der Waals surface area (Å²) in [4.78, 5) is 8.48. The summed E-state index contributed by atoms with van der Waals surface area (Å²) in [5.74, 6) is 1.88. The number of ether oxygens (including phenoxy) is 2. The first-order valence-electron chi connectivity index (χ1n) is 9.25. The molecule has 2 heterocycles. The molecule has 1 aliphatic rings. The Hall–Kier alpha value is -3.62. The zero-order valence-corrected chi connectivity index (χ0v) is 15.7. The molecule has 0 fully saturated rings. The van der Waals surface area contributed by atoms with Crippen molar-refractivity contribution in [2.75, 3.05) is 18.5 Å². The van der Waals surface area contributed by atoms with Gasteiger partial charge in [-0.05, 0) is 29.8 Å². The van der Waals surface area contributed by atoms with Crippen LogP contribution < -0.4 is 20.5 Å². The number of anilines is 1. The van der Waals surface area contributed by atoms with Gasteiger partial charge in [-0.15, -0.1) is 0 Å². The van der Waals surface area contributed by atoms with Crippen LogP contribution in [0, 0.1) is 5.82 Å². The second-order valence-electron chi connectivity index (χ2n) is 6.53. The largest absolute Gasteiger partial charge is 0.490 e. The maximum atomic E-state index is 13.3. The maximum Gasteiger partial charge on any atom is 0.193 e. The van der Waals surface area contributed by atoms with Gasteiger partial charge in [0.2, 0.25) is 0 Å². The Morgan fingerprint density at radius 2 is 2.03 bits per heavy atom. The number of fused-ring (bicyclic) bond motifs is 1. The molecule has 0 saturated heterocycles. The molecule has 0 atom stereocenters. The molecular formula is C20H21FN6O2. The number of nitrogens with zero attached hydrogens (tertiary/aromatic N) is 4. The van der Waals surface area contributed by atoms with Gasteiger partial charge in [0.1, 0.15) is 18.7 Å². The fraction of sp³-hybridized carbons (Fsp3) is 0.250. The highest BCUT2D eigenvalue weighted by atomic mass is 19.1. The topological polar surface area (TPSA) is 99.6 Å². The zero-order valence-electron chi connectivity index (χ0n) is 15.7. The SMILES string of the molecule is NC(=NCc1ncn(Cc2cccc(F)c2)n1)Nc1ccc2c(c1)OCCCO2. The van der Waals surface area contributed by atoms with E-state index < -0.39 is 0 Å². The van der Waals surface area contributed by atoms with Crippen LogP contribution in [0.4, 0.5) is 10.1 Å². The molecule has 29 heavy (non-hydrogen) atoms. The van der Waals surface area contributed by atoms with Gasteiger partial charge in [-0.3, -0.25) is 0 Å². The minimum atomic E-state index is -0.277. The summed E-state index contributed by atoms with van der Waals surface area (Å²) >= 11 is 0. The summed E-state index contributed by atoms with van der Waals surface area (Å²) in [5.41, 5.74) is 7.53. The van der Waals surface area contributed by atoms with Gasteiger partial charge in [0, 0.05) is 18.2 Å². The summed E-state index contributed by atoms with van der Waals surface area (Å²) in [6.45, 7) is 1.91. The van der Waals surface area contributed by atoms with E-state index in [2.05, 4.69) is 20.4 Å². The molecule has 0 radical (unpaired) electrons. The van der Waals surface area contributed by atoms with Crippen molar-refractivity contribution < 1.29 is 13.9 Å². The van der Waals surface area contributed by atoms with Gasteiger partial charge in [-0.25, -0.2) is 19.0 Å². The molecule has 1 aliphatic heterocycles. The van der Waals surface area contributed by atoms with Crippen LogP contribution in [0.25, 0.3) is 0 Å². The van der Waals surface area contributed by atoms with Crippen molar-refractivity contribution in [3.05, 3.63) is 66.0 Å². The van der Waals surface area contributed by atoms with Crippen molar-refractivity contribution >= 4 is 11.6 Å². The molecular weight excluding hydrogens is 375 g/mol. The first-order valence-corrected chi connectivity index (χ1v) is 9.25. The van der Waals surface area contributed by atoms with Gasteiger partial charge in [-0.2, -0.15) is 5.10 Å². The van der Waals surface area contributed by atoms with Crippen LogP contribution in [0.2, 0.25) is 0 Å². The number of halogens is 1. The fourth-order valence-electron chi connectivity index (χ4n) is 2.89. The van der Waals surface area contributed by atoms with Crippen LogP contribution in [-0.2, 0) is 13.1 Å². The summed E-state index contributed by atoms with van der Waals surface area (Å²) in [7, 11) is 0. The Balaban J connectivity index is 1.35. The molecule has 0 unspecified atom stereocenters. The van der Waals surface area contributed by atoms with E-state index in [1.54, 1.807) is 17.1 Å². The van der Waals surface area contributed by atoms with Crippen LogP contribution in [0.3, 0.4) is 0 Å². The number of rotatable bonds is 5. The minimum Gasteiger partial charge on any atom is -0.490 e. The quantitative estimate of drug-likeness (QED) is 0.508. The highest BCUT2D eigenvalue weighted by Gasteiger charge is 2.11. The Morgan fingerprint density at radius 1 is 1.17 bits per heavy atom. The Labute approximate surface area is 167 Å². The molecule has 0 spiro atoms. The fourth-order valence-corrected chi connectivity index (χ4v) is 2.89. The van der Waals surface area contributed by atoms with Crippen LogP contribution in [0.5, 0.6) is 11.5 Å². The van der Waals surface area contributed by atoms with Crippen molar-refractivity contribution in [3.63, 3.8) is 0 Å². The highest BCUT2D eigenvalue weighted by molar-refractivity contribution is 5.92. The van der Waals surface area contributed by atoms with E-state index in [0.29, 0.717) is 31.3 Å². The number of nitrogens with two attached hydrogens (primary N) is 1. The molecule has 8 nitrogen and oxygen atoms in total. The average molecular weight is 396 g/mol. The first kappa shape index (κ1) is 18.7. The number of hydrogen-bond acceptors (Lipinski definition) is 5. The smallest absolute Gasteiger partial charge is 0.193 e. The van der Waals surface area contributed by atoms with Crippen LogP contribution >= 0.6 is 0 Å². The molecule has 3 aromatic rings. The van der Waals surface area contributed by atoms with E-state index in [0.717, 1.165) is 23.4 Å². The van der Waals surface area contributed by atoms with E-state index in [4.69, 9.17) is 15.2 Å². The average Bonchev–Trinajstić information content (AvgIpc) is 3.01. The summed E-state index contributed by atoms with van der Waals surface area (Å²) in [6, 6.07) is 11.9. The number of aromatic nitrogens is 3. The van der Waals surface area contributed by atoms with Gasteiger partial charge >= 0.3 is 0 Å². The number of benzene rings is 2. The minimum absolute atomic E-state index is 0.222. The molecule has 150 valence electrons. The van der Waals surface area contributed by atoms with Crippen molar-refractivity contribution in [3.8, 4) is 11.5 Å². The van der Waals surface area contributed by atoms with E-state index in [1.807, 2.05) is 24.3 Å². The van der Waals surface area contributed by atoms with Gasteiger partial charge in [0.15, 0.2) is 23.3 Å². The summed E-state index contributed by atoms with van der Waals surface area (Å²) < 4.78 is 26.2. The highest BCUT2D eigenvalue weighted by Crippen LogP contribution is 2.32. The third-order valence-electron chi connectivity index (χ3n) is 4.23. The molecule has 2 aromatic carbocycles. The van der Waals surface area contributed by atoms with Gasteiger partial charge in [-0.1, -0.05) is 12.1 Å². The Morgan fingerprint density at radius 3 is 2.90 bits per heavy atom. The van der Waals surface area contributed by atoms with E-state index >= 15 is 0 Å². The molecule has 0 saturated carbocycles. The summed E-state index contributed by atoms with van der Waals surface area (Å²) in [6.07, 6.45) is 2.43. The molecule has 3 N–H and O–H groups in total. The second-order valence-corrected chi connectivity index (χ2v) is 6.53. The first-order chi connectivity index (χ1) is 14.2. The monoisotopic (exact) mass is 396 g/mol. The van der Waals surface area contributed by atoms with E-state index in [-0.39, 0.29) is 18.3 Å². The lowest BCUT2D eigenvalue weighted by Gasteiger charge is -2.10.